The number of fused-ring (bicyclic) bond motifs is 1. The molecule has 3 rings (SSSR count). The molecular formula is C20H26N4O3S2. The molecule has 0 amide bonds. The lowest BCUT2D eigenvalue weighted by molar-refractivity contribution is 0.157. The first-order valence-corrected chi connectivity index (χ1v) is 11.5. The lowest BCUT2D eigenvalue weighted by Crippen LogP contribution is -2.17. The Morgan fingerprint density at radius 2 is 2.21 bits per heavy atom. The fourth-order valence-electron chi connectivity index (χ4n) is 3.50. The highest BCUT2D eigenvalue weighted by Gasteiger charge is 2.37. The summed E-state index contributed by atoms with van der Waals surface area (Å²) in [5, 5.41) is 11.3. The van der Waals surface area contributed by atoms with Gasteiger partial charge in [-0.15, -0.1) is 12.0 Å². The van der Waals surface area contributed by atoms with Gasteiger partial charge < -0.3 is 13.5 Å². The zero-order valence-electron chi connectivity index (χ0n) is 17.1. The topological polar surface area (TPSA) is 90.0 Å². The van der Waals surface area contributed by atoms with Gasteiger partial charge in [0.2, 0.25) is 0 Å². The number of ether oxygens (including phenoxy) is 1. The number of hydrogen-bond acceptors (Lipinski definition) is 7. The Morgan fingerprint density at radius 3 is 2.90 bits per heavy atom. The summed E-state index contributed by atoms with van der Waals surface area (Å²) in [5.74, 6) is 0. The van der Waals surface area contributed by atoms with Crippen molar-refractivity contribution in [1.29, 1.82) is 5.26 Å². The molecular weight excluding hydrogens is 408 g/mol. The first-order valence-electron chi connectivity index (χ1n) is 9.36. The highest BCUT2D eigenvalue weighted by molar-refractivity contribution is 8.14. The van der Waals surface area contributed by atoms with Crippen molar-refractivity contribution >= 4 is 23.8 Å². The number of thioether (sulfide) groups is 1. The molecule has 0 atom stereocenters. The second kappa shape index (κ2) is 9.30. The third kappa shape index (κ3) is 4.67. The van der Waals surface area contributed by atoms with Crippen LogP contribution in [0.15, 0.2) is 22.2 Å². The summed E-state index contributed by atoms with van der Waals surface area (Å²) in [4.78, 5) is 21.4. The number of aryl methyl sites for hydroxylation is 1. The van der Waals surface area contributed by atoms with E-state index in [-0.39, 0.29) is 23.0 Å². The van der Waals surface area contributed by atoms with Gasteiger partial charge >= 0.3 is 0 Å². The van der Waals surface area contributed by atoms with Gasteiger partial charge in [0, 0.05) is 25.3 Å². The summed E-state index contributed by atoms with van der Waals surface area (Å²) in [5.41, 5.74) is 3.75. The molecule has 0 radical (unpaired) electrons. The maximum atomic E-state index is 12.2. The zero-order valence-corrected chi connectivity index (χ0v) is 18.9. The Hall–Kier alpha value is -1.86. The van der Waals surface area contributed by atoms with Gasteiger partial charge in [0.25, 0.3) is 5.56 Å². The van der Waals surface area contributed by atoms with Crippen LogP contribution < -0.4 is 5.56 Å². The highest BCUT2D eigenvalue weighted by atomic mass is 32.2. The molecule has 2 aromatic heterocycles. The summed E-state index contributed by atoms with van der Waals surface area (Å²) in [6.45, 7) is 5.43. The minimum absolute atomic E-state index is 0.121. The molecule has 0 bridgehead atoms. The van der Waals surface area contributed by atoms with Crippen LogP contribution in [-0.2, 0) is 27.8 Å². The Balaban J connectivity index is 2.01. The van der Waals surface area contributed by atoms with Crippen molar-refractivity contribution in [2.75, 3.05) is 25.4 Å². The molecule has 0 aromatic carbocycles. The Morgan fingerprint density at radius 1 is 1.41 bits per heavy atom. The molecule has 0 saturated heterocycles. The summed E-state index contributed by atoms with van der Waals surface area (Å²) in [6, 6.07) is 3.90. The minimum atomic E-state index is -0.130. The number of nitrogens with zero attached hydrogens (tertiary/aromatic N) is 4. The van der Waals surface area contributed by atoms with Crippen molar-refractivity contribution in [2.24, 2.45) is 7.05 Å². The van der Waals surface area contributed by atoms with Crippen molar-refractivity contribution in [2.45, 2.75) is 37.1 Å². The largest absolute Gasteiger partial charge is 0.382 e. The van der Waals surface area contributed by atoms with Crippen molar-refractivity contribution < 1.29 is 8.92 Å². The molecule has 2 aromatic rings. The molecule has 1 aliphatic carbocycles. The van der Waals surface area contributed by atoms with Gasteiger partial charge in [-0.05, 0) is 29.4 Å². The summed E-state index contributed by atoms with van der Waals surface area (Å²) >= 11 is 1.80. The molecule has 1 aliphatic rings. The molecule has 2 heterocycles. The third-order valence-electron chi connectivity index (χ3n) is 5.03. The highest BCUT2D eigenvalue weighted by Crippen LogP contribution is 2.46. The van der Waals surface area contributed by atoms with E-state index in [4.69, 9.17) is 13.9 Å². The van der Waals surface area contributed by atoms with E-state index >= 15 is 0 Å². The molecule has 0 unspecified atom stereocenters. The van der Waals surface area contributed by atoms with E-state index in [1.165, 1.54) is 28.7 Å². The van der Waals surface area contributed by atoms with Gasteiger partial charge in [0.05, 0.1) is 36.5 Å². The predicted molar refractivity (Wildman–Crippen MR) is 118 cm³/mol. The van der Waals surface area contributed by atoms with Gasteiger partial charge in [-0.1, -0.05) is 25.6 Å². The van der Waals surface area contributed by atoms with E-state index in [0.717, 1.165) is 24.0 Å². The van der Waals surface area contributed by atoms with Crippen molar-refractivity contribution in [1.82, 2.24) is 14.5 Å². The van der Waals surface area contributed by atoms with Crippen LogP contribution in [-0.4, -0.2) is 39.9 Å². The summed E-state index contributed by atoms with van der Waals surface area (Å²) < 4.78 is 12.0. The van der Waals surface area contributed by atoms with Crippen molar-refractivity contribution in [3.05, 3.63) is 39.4 Å². The van der Waals surface area contributed by atoms with Crippen LogP contribution in [0, 0.1) is 11.3 Å². The lowest BCUT2D eigenvalue weighted by atomic mass is 9.84. The molecule has 0 saturated carbocycles. The smallest absolute Gasteiger partial charge is 0.253 e. The van der Waals surface area contributed by atoms with Crippen LogP contribution >= 0.6 is 23.8 Å². The van der Waals surface area contributed by atoms with Gasteiger partial charge in [-0.3, -0.25) is 4.79 Å². The molecule has 156 valence electrons. The van der Waals surface area contributed by atoms with Gasteiger partial charge in [0.15, 0.2) is 0 Å². The predicted octanol–water partition coefficient (Wildman–Crippen LogP) is 2.76. The molecule has 0 spiro atoms. The van der Waals surface area contributed by atoms with E-state index in [9.17, 15) is 10.1 Å². The van der Waals surface area contributed by atoms with Gasteiger partial charge in [-0.2, -0.15) is 5.26 Å². The molecule has 9 heteroatoms. The Kier molecular flexibility index (Phi) is 7.01. The molecule has 0 N–H and O–H groups in total. The first kappa shape index (κ1) is 21.8. The fraction of sp³-hybridized carbons (Fsp3) is 0.500. The number of hydrogen-bond donors (Lipinski definition) is 0. The Labute approximate surface area is 179 Å². The van der Waals surface area contributed by atoms with Crippen LogP contribution in [0.25, 0.3) is 11.4 Å². The zero-order chi connectivity index (χ0) is 21.0. The SMILES string of the molecule is COCCO[SH2]CSc1nc(-c2cc(=O)n(C)cn2)c2c(c1C#N)C(C)(C)CC2. The van der Waals surface area contributed by atoms with Crippen molar-refractivity contribution in [3.8, 4) is 17.5 Å². The van der Waals surface area contributed by atoms with Gasteiger partial charge in [0.1, 0.15) is 11.1 Å². The van der Waals surface area contributed by atoms with E-state index in [1.54, 1.807) is 14.2 Å². The number of rotatable bonds is 8. The normalized spacial score (nSPS) is 15.3. The van der Waals surface area contributed by atoms with E-state index < -0.39 is 0 Å². The maximum absolute atomic E-state index is 12.2. The summed E-state index contributed by atoms with van der Waals surface area (Å²) in [7, 11) is 3.31. The van der Waals surface area contributed by atoms with Crippen LogP contribution in [0.5, 0.6) is 0 Å². The van der Waals surface area contributed by atoms with Crippen LogP contribution in [0.4, 0.5) is 0 Å². The molecule has 7 nitrogen and oxygen atoms in total. The second-order valence-corrected chi connectivity index (χ2v) is 9.89. The average molecular weight is 435 g/mol. The fourth-order valence-corrected chi connectivity index (χ4v) is 5.29. The number of aromatic nitrogens is 3. The summed E-state index contributed by atoms with van der Waals surface area (Å²) in [6.07, 6.45) is 3.28. The number of pyridine rings is 1. The van der Waals surface area contributed by atoms with E-state index in [0.29, 0.717) is 40.3 Å². The van der Waals surface area contributed by atoms with E-state index in [1.807, 2.05) is 0 Å². The van der Waals surface area contributed by atoms with E-state index in [2.05, 4.69) is 24.9 Å². The quantitative estimate of drug-likeness (QED) is 0.466. The third-order valence-corrected chi connectivity index (χ3v) is 7.06. The monoisotopic (exact) mass is 434 g/mol. The molecule has 0 fully saturated rings. The molecule has 0 aliphatic heterocycles. The van der Waals surface area contributed by atoms with Crippen LogP contribution in [0.1, 0.15) is 37.0 Å². The van der Waals surface area contributed by atoms with Gasteiger partial charge in [-0.25, -0.2) is 9.97 Å². The standard InChI is InChI=1S/C20H26N4O3S2/c1-20(2)6-5-13-17(20)14(10-21)19(28-12-29-27-8-7-26-4)23-18(13)15-9-16(25)24(3)11-22-15/h9,11H,5-8,12,29H2,1-4H3. The van der Waals surface area contributed by atoms with Crippen LogP contribution in [0.2, 0.25) is 0 Å². The number of nitriles is 1. The average Bonchev–Trinajstić information content (AvgIpc) is 3.01. The second-order valence-electron chi connectivity index (χ2n) is 7.49. The molecule has 29 heavy (non-hydrogen) atoms. The van der Waals surface area contributed by atoms with Crippen molar-refractivity contribution in [3.63, 3.8) is 0 Å². The number of methoxy groups -OCH3 is 1. The maximum Gasteiger partial charge on any atom is 0.253 e. The van der Waals surface area contributed by atoms with Crippen LogP contribution in [0.3, 0.4) is 0 Å². The minimum Gasteiger partial charge on any atom is -0.382 e. The lowest BCUT2D eigenvalue weighted by Gasteiger charge is -2.22. The Bertz CT molecular complexity index is 998. The first-order chi connectivity index (χ1) is 13.9.